The van der Waals surface area contributed by atoms with Crippen LogP contribution in [0.2, 0.25) is 5.15 Å². The van der Waals surface area contributed by atoms with Gasteiger partial charge in [0.2, 0.25) is 0 Å². The predicted molar refractivity (Wildman–Crippen MR) is 89.4 cm³/mol. The minimum absolute atomic E-state index is 0.410. The van der Waals surface area contributed by atoms with E-state index < -0.39 is 0 Å². The molecule has 3 aromatic heterocycles. The molecule has 1 aromatic carbocycles. The average molecular weight is 351 g/mol. The summed E-state index contributed by atoms with van der Waals surface area (Å²) in [4.78, 5) is 0. The predicted octanol–water partition coefficient (Wildman–Crippen LogP) is 4.64. The number of thioether (sulfide) groups is 1. The normalized spacial score (nSPS) is 11.5. The first-order valence-corrected chi connectivity index (χ1v) is 9.02. The summed E-state index contributed by atoms with van der Waals surface area (Å²) in [6.45, 7) is 0. The Morgan fingerprint density at radius 2 is 2.00 bits per heavy atom. The highest BCUT2D eigenvalue weighted by molar-refractivity contribution is 7.98. The standard InChI is InChI=1S/C13H7ClN4S3/c14-11-10-9(15-18-16-11)8-12(17-21-13(8)20-10)19-6-7-4-2-1-3-5-7/h1-5H,6H2. The number of fused-ring (bicyclic) bond motifs is 3. The van der Waals surface area contributed by atoms with Crippen molar-refractivity contribution in [2.45, 2.75) is 10.8 Å². The number of thiophene rings is 1. The second-order valence-electron chi connectivity index (χ2n) is 4.28. The Bertz CT molecular complexity index is 919. The Labute approximate surface area is 137 Å². The van der Waals surface area contributed by atoms with Crippen molar-refractivity contribution in [3.8, 4) is 0 Å². The Hall–Kier alpha value is -1.28. The van der Waals surface area contributed by atoms with Crippen LogP contribution in [-0.2, 0) is 5.75 Å². The molecule has 4 nitrogen and oxygen atoms in total. The van der Waals surface area contributed by atoms with E-state index in [2.05, 4.69) is 31.9 Å². The second-order valence-corrected chi connectivity index (χ2v) is 7.66. The van der Waals surface area contributed by atoms with E-state index in [0.29, 0.717) is 5.15 Å². The first kappa shape index (κ1) is 13.4. The summed E-state index contributed by atoms with van der Waals surface area (Å²) in [5.74, 6) is 0.878. The summed E-state index contributed by atoms with van der Waals surface area (Å²) in [5.41, 5.74) is 2.08. The molecule has 0 fully saturated rings. The van der Waals surface area contributed by atoms with E-state index in [-0.39, 0.29) is 0 Å². The maximum atomic E-state index is 6.08. The molecule has 0 aliphatic carbocycles. The van der Waals surface area contributed by atoms with Gasteiger partial charge in [0.15, 0.2) is 5.15 Å². The Morgan fingerprint density at radius 1 is 1.14 bits per heavy atom. The van der Waals surface area contributed by atoms with Gasteiger partial charge < -0.3 is 0 Å². The first-order chi connectivity index (χ1) is 10.3. The van der Waals surface area contributed by atoms with E-state index >= 15 is 0 Å². The van der Waals surface area contributed by atoms with Gasteiger partial charge in [-0.2, -0.15) is 4.37 Å². The summed E-state index contributed by atoms with van der Waals surface area (Å²) in [5, 5.41) is 14.1. The van der Waals surface area contributed by atoms with Crippen LogP contribution in [0.3, 0.4) is 0 Å². The van der Waals surface area contributed by atoms with Crippen molar-refractivity contribution in [2.75, 3.05) is 0 Å². The fraction of sp³-hybridized carbons (Fsp3) is 0.0769. The summed E-state index contributed by atoms with van der Waals surface area (Å²) in [6.07, 6.45) is 0. The molecule has 0 radical (unpaired) electrons. The molecular formula is C13H7ClN4S3. The zero-order chi connectivity index (χ0) is 14.2. The van der Waals surface area contributed by atoms with Crippen LogP contribution < -0.4 is 0 Å². The van der Waals surface area contributed by atoms with E-state index in [1.165, 1.54) is 17.1 Å². The van der Waals surface area contributed by atoms with E-state index in [0.717, 1.165) is 30.4 Å². The molecule has 0 unspecified atom stereocenters. The molecule has 0 saturated carbocycles. The van der Waals surface area contributed by atoms with Crippen LogP contribution in [0.15, 0.2) is 35.4 Å². The second kappa shape index (κ2) is 5.49. The minimum atomic E-state index is 0.410. The van der Waals surface area contributed by atoms with Crippen molar-refractivity contribution in [1.82, 2.24) is 19.8 Å². The lowest BCUT2D eigenvalue weighted by atomic mass is 10.2. The highest BCUT2D eigenvalue weighted by Crippen LogP contribution is 2.42. The highest BCUT2D eigenvalue weighted by atomic mass is 35.5. The zero-order valence-corrected chi connectivity index (χ0v) is 13.7. The molecule has 0 amide bonds. The van der Waals surface area contributed by atoms with E-state index in [4.69, 9.17) is 11.6 Å². The molecule has 104 valence electrons. The fourth-order valence-electron chi connectivity index (χ4n) is 2.00. The van der Waals surface area contributed by atoms with Gasteiger partial charge in [-0.1, -0.05) is 53.7 Å². The van der Waals surface area contributed by atoms with Gasteiger partial charge in [-0.25, -0.2) is 0 Å². The molecule has 0 aliphatic heterocycles. The largest absolute Gasteiger partial charge is 0.184 e. The minimum Gasteiger partial charge on any atom is -0.184 e. The van der Waals surface area contributed by atoms with Crippen LogP contribution in [0.1, 0.15) is 5.56 Å². The fourth-order valence-corrected chi connectivity index (χ4v) is 5.42. The summed E-state index contributed by atoms with van der Waals surface area (Å²) >= 11 is 10.8. The molecule has 21 heavy (non-hydrogen) atoms. The van der Waals surface area contributed by atoms with Crippen LogP contribution in [0.25, 0.3) is 19.6 Å². The zero-order valence-electron chi connectivity index (χ0n) is 10.5. The van der Waals surface area contributed by atoms with E-state index in [1.54, 1.807) is 23.1 Å². The van der Waals surface area contributed by atoms with Gasteiger partial charge in [-0.05, 0) is 22.3 Å². The topological polar surface area (TPSA) is 51.6 Å². The van der Waals surface area contributed by atoms with Gasteiger partial charge in [0.05, 0.1) is 10.1 Å². The van der Waals surface area contributed by atoms with E-state index in [1.807, 2.05) is 18.2 Å². The van der Waals surface area contributed by atoms with Gasteiger partial charge in [-0.15, -0.1) is 21.5 Å². The van der Waals surface area contributed by atoms with Crippen LogP contribution in [0.5, 0.6) is 0 Å². The van der Waals surface area contributed by atoms with Crippen LogP contribution >= 0.6 is 46.2 Å². The molecule has 8 heteroatoms. The lowest BCUT2D eigenvalue weighted by Crippen LogP contribution is -1.87. The third kappa shape index (κ3) is 2.40. The van der Waals surface area contributed by atoms with Crippen molar-refractivity contribution in [3.05, 3.63) is 41.0 Å². The molecular weight excluding hydrogens is 344 g/mol. The maximum Gasteiger partial charge on any atom is 0.172 e. The molecule has 0 aliphatic rings. The first-order valence-electron chi connectivity index (χ1n) is 6.06. The van der Waals surface area contributed by atoms with Crippen LogP contribution in [-0.4, -0.2) is 19.8 Å². The maximum absolute atomic E-state index is 6.08. The van der Waals surface area contributed by atoms with Crippen molar-refractivity contribution in [2.24, 2.45) is 0 Å². The SMILES string of the molecule is Clc1nnnc2c1sc1snc(SCc3ccccc3)c12. The van der Waals surface area contributed by atoms with E-state index in [9.17, 15) is 0 Å². The van der Waals surface area contributed by atoms with Gasteiger partial charge >= 0.3 is 0 Å². The molecule has 0 spiro atoms. The number of rotatable bonds is 3. The average Bonchev–Trinajstić information content (AvgIpc) is 3.07. The molecule has 0 N–H and O–H groups in total. The number of halogens is 1. The number of benzene rings is 1. The molecule has 4 rings (SSSR count). The number of hydrogen-bond acceptors (Lipinski definition) is 7. The van der Waals surface area contributed by atoms with Crippen molar-refractivity contribution in [3.63, 3.8) is 0 Å². The Morgan fingerprint density at radius 3 is 2.86 bits per heavy atom. The summed E-state index contributed by atoms with van der Waals surface area (Å²) in [6, 6.07) is 10.3. The smallest absolute Gasteiger partial charge is 0.172 e. The van der Waals surface area contributed by atoms with Gasteiger partial charge in [-0.3, -0.25) is 0 Å². The van der Waals surface area contributed by atoms with Crippen LogP contribution in [0.4, 0.5) is 0 Å². The lowest BCUT2D eigenvalue weighted by Gasteiger charge is -1.99. The Kier molecular flexibility index (Phi) is 3.50. The van der Waals surface area contributed by atoms with Crippen LogP contribution in [0, 0.1) is 0 Å². The third-order valence-corrected chi connectivity index (χ3v) is 6.60. The molecule has 0 saturated heterocycles. The summed E-state index contributed by atoms with van der Waals surface area (Å²) < 4.78 is 6.54. The number of hydrogen-bond donors (Lipinski definition) is 0. The van der Waals surface area contributed by atoms with Crippen molar-refractivity contribution >= 4 is 65.8 Å². The number of nitrogens with zero attached hydrogens (tertiary/aromatic N) is 4. The van der Waals surface area contributed by atoms with Gasteiger partial charge in [0.25, 0.3) is 0 Å². The molecule has 3 heterocycles. The number of aromatic nitrogens is 4. The molecule has 0 atom stereocenters. The summed E-state index contributed by atoms with van der Waals surface area (Å²) in [7, 11) is 0. The van der Waals surface area contributed by atoms with Gasteiger partial charge in [0, 0.05) is 5.75 Å². The monoisotopic (exact) mass is 350 g/mol. The molecule has 4 aromatic rings. The highest BCUT2D eigenvalue weighted by Gasteiger charge is 2.17. The van der Waals surface area contributed by atoms with Crippen molar-refractivity contribution in [1.29, 1.82) is 0 Å². The molecule has 0 bridgehead atoms. The van der Waals surface area contributed by atoms with Gasteiger partial charge in [0.1, 0.15) is 14.6 Å². The Balaban J connectivity index is 1.75. The third-order valence-electron chi connectivity index (χ3n) is 2.96. The van der Waals surface area contributed by atoms with Crippen molar-refractivity contribution < 1.29 is 0 Å². The lowest BCUT2D eigenvalue weighted by molar-refractivity contribution is 0.899. The quantitative estimate of drug-likeness (QED) is 0.504.